The molecule has 4 atom stereocenters. The Kier molecular flexibility index (Phi) is 11.1. The lowest BCUT2D eigenvalue weighted by atomic mass is 9.94. The van der Waals surface area contributed by atoms with Gasteiger partial charge in [0, 0.05) is 26.8 Å². The fraction of sp³-hybridized carbons (Fsp3) is 0.600. The maximum Gasteiger partial charge on any atom is 0.288 e. The number of piperazine rings is 1. The van der Waals surface area contributed by atoms with Crippen LogP contribution in [0.2, 0.25) is 0 Å². The van der Waals surface area contributed by atoms with Crippen LogP contribution in [0.4, 0.5) is 0 Å². The molecule has 2 amide bonds. The number of hydrogen-bond acceptors (Lipinski definition) is 9. The molecule has 3 heterocycles. The zero-order valence-corrected chi connectivity index (χ0v) is 27.7. The third-order valence-corrected chi connectivity index (χ3v) is 10.0. The quantitative estimate of drug-likeness (QED) is 0.330. The number of ether oxygens (including phenoxy) is 1. The van der Waals surface area contributed by atoms with Gasteiger partial charge in [-0.05, 0) is 82.3 Å². The number of amidine groups is 1. The van der Waals surface area contributed by atoms with Gasteiger partial charge >= 0.3 is 0 Å². The Morgan fingerprint density at radius 1 is 1.20 bits per heavy atom. The second-order valence-electron chi connectivity index (χ2n) is 12.7. The second kappa shape index (κ2) is 16.4. The Morgan fingerprint density at radius 2 is 2.04 bits per heavy atom. The van der Waals surface area contributed by atoms with Crippen LogP contribution in [0.3, 0.4) is 0 Å². The zero-order valence-electron chi connectivity index (χ0n) is 28.9. The number of nitrogens with zero attached hydrogens (tertiary/aromatic N) is 5. The van der Waals surface area contributed by atoms with Crippen molar-refractivity contribution in [2.75, 3.05) is 40.2 Å². The van der Waals surface area contributed by atoms with Crippen LogP contribution in [0.25, 0.3) is 0 Å². The molecule has 0 radical (unpaired) electrons. The van der Waals surface area contributed by atoms with Crippen molar-refractivity contribution in [2.45, 2.75) is 95.1 Å². The third kappa shape index (κ3) is 8.87. The van der Waals surface area contributed by atoms with E-state index in [2.05, 4.69) is 16.7 Å². The summed E-state index contributed by atoms with van der Waals surface area (Å²) in [6.45, 7) is 4.14. The minimum atomic E-state index is -0.730. The third-order valence-electron chi connectivity index (χ3n) is 9.14. The number of carbonyl (C=O) groups is 2. The van der Waals surface area contributed by atoms with Crippen LogP contribution in [0.15, 0.2) is 46.8 Å². The summed E-state index contributed by atoms with van der Waals surface area (Å²) in [5.74, 6) is -0.257. The summed E-state index contributed by atoms with van der Waals surface area (Å²) < 4.78 is 21.6. The zero-order chi connectivity index (χ0) is 33.9. The molecular formula is C35H49N7O3S. The summed E-state index contributed by atoms with van der Waals surface area (Å²) in [7, 11) is 0.193. The van der Waals surface area contributed by atoms with E-state index in [1.807, 2.05) is 47.5 Å². The van der Waals surface area contributed by atoms with Crippen molar-refractivity contribution >= 4 is 29.2 Å². The van der Waals surface area contributed by atoms with E-state index in [1.54, 1.807) is 27.2 Å². The van der Waals surface area contributed by atoms with Crippen LogP contribution in [-0.2, 0) is 20.9 Å². The van der Waals surface area contributed by atoms with Crippen LogP contribution in [-0.4, -0.2) is 96.9 Å². The van der Waals surface area contributed by atoms with E-state index in [0.29, 0.717) is 44.2 Å². The number of thiophene rings is 1. The van der Waals surface area contributed by atoms with Crippen molar-refractivity contribution in [1.82, 2.24) is 25.3 Å². The van der Waals surface area contributed by atoms with Crippen molar-refractivity contribution in [2.24, 2.45) is 4.99 Å². The molecule has 1 aliphatic carbocycles. The summed E-state index contributed by atoms with van der Waals surface area (Å²) in [4.78, 5) is 39.7. The monoisotopic (exact) mass is 649 g/mol. The van der Waals surface area contributed by atoms with Crippen LogP contribution < -0.4 is 10.6 Å². The number of hydrogen-bond donors (Lipinski definition) is 2. The lowest BCUT2D eigenvalue weighted by Gasteiger charge is -2.42. The summed E-state index contributed by atoms with van der Waals surface area (Å²) in [6.07, 6.45) is 7.49. The maximum absolute atomic E-state index is 14.4. The van der Waals surface area contributed by atoms with E-state index in [0.717, 1.165) is 49.0 Å². The van der Waals surface area contributed by atoms with Crippen LogP contribution in [0.1, 0.15) is 83.1 Å². The Morgan fingerprint density at radius 3 is 2.80 bits per heavy atom. The molecule has 46 heavy (non-hydrogen) atoms. The minimum absolute atomic E-state index is 0.0526. The molecule has 5 rings (SSSR count). The number of nitriles is 1. The first-order chi connectivity index (χ1) is 23.4. The molecule has 10 nitrogen and oxygen atoms in total. The average Bonchev–Trinajstić information content (AvgIpc) is 3.80. The van der Waals surface area contributed by atoms with Gasteiger partial charge in [0.2, 0.25) is 11.8 Å². The van der Waals surface area contributed by atoms with Gasteiger partial charge in [-0.3, -0.25) is 9.59 Å². The predicted octanol–water partition coefficient (Wildman–Crippen LogP) is 4.29. The van der Waals surface area contributed by atoms with Gasteiger partial charge in [0.1, 0.15) is 12.1 Å². The van der Waals surface area contributed by atoms with E-state index >= 15 is 0 Å². The van der Waals surface area contributed by atoms with Gasteiger partial charge in [-0.25, -0.2) is 4.99 Å². The van der Waals surface area contributed by atoms with Gasteiger partial charge in [0.25, 0.3) is 6.02 Å². The molecule has 2 aliphatic heterocycles. The molecule has 3 aliphatic rings. The molecule has 2 fully saturated rings. The largest absolute Gasteiger partial charge is 0.455 e. The molecule has 1 saturated carbocycles. The van der Waals surface area contributed by atoms with Crippen molar-refractivity contribution in [1.29, 1.82) is 5.26 Å². The number of unbranched alkanes of at least 4 members (excludes halogenated alkanes) is 1. The molecule has 2 aromatic rings. The highest BCUT2D eigenvalue weighted by atomic mass is 32.1. The molecular weight excluding hydrogens is 598 g/mol. The normalized spacial score (nSPS) is 23.2. The van der Waals surface area contributed by atoms with Crippen molar-refractivity contribution < 1.29 is 17.1 Å². The van der Waals surface area contributed by atoms with E-state index in [-0.39, 0.29) is 50.6 Å². The molecule has 11 heteroatoms. The van der Waals surface area contributed by atoms with Crippen LogP contribution in [0, 0.1) is 11.3 Å². The molecule has 2 N–H and O–H groups in total. The Bertz CT molecular complexity index is 1410. The second-order valence-corrected chi connectivity index (χ2v) is 13.7. The predicted molar refractivity (Wildman–Crippen MR) is 181 cm³/mol. The maximum atomic E-state index is 14.4. The SMILES string of the molecule is [2H]CN(C[2H])CCCC[C@H](NC1CCCCC1)C(=O)N1CCN(C2=N[C@@H](C)[C@H](c3cccc(C#N)c3)O2)C[C@H]1C(=O)NCc1cccs1. The molecule has 0 spiro atoms. The number of benzene rings is 1. The van der Waals surface area contributed by atoms with Crippen molar-refractivity contribution in [3.63, 3.8) is 0 Å². The Hall–Kier alpha value is -3.46. The molecule has 0 bridgehead atoms. The van der Waals surface area contributed by atoms with E-state index in [9.17, 15) is 14.9 Å². The topological polar surface area (TPSA) is 113 Å². The number of rotatable bonds is 12. The summed E-state index contributed by atoms with van der Waals surface area (Å²) in [5, 5.41) is 18.2. The molecule has 248 valence electrons. The highest BCUT2D eigenvalue weighted by Gasteiger charge is 2.41. The van der Waals surface area contributed by atoms with Crippen molar-refractivity contribution in [3.8, 4) is 6.07 Å². The first-order valence-electron chi connectivity index (χ1n) is 18.0. The minimum Gasteiger partial charge on any atom is -0.455 e. The lowest BCUT2D eigenvalue weighted by molar-refractivity contribution is -0.145. The molecule has 0 unspecified atom stereocenters. The Balaban J connectivity index is 1.31. The Labute approximate surface area is 280 Å². The summed E-state index contributed by atoms with van der Waals surface area (Å²) >= 11 is 1.58. The first kappa shape index (κ1) is 31.2. The molecule has 1 aromatic heterocycles. The van der Waals surface area contributed by atoms with Gasteiger partial charge in [-0.15, -0.1) is 11.3 Å². The van der Waals surface area contributed by atoms with E-state index < -0.39 is 12.1 Å². The lowest BCUT2D eigenvalue weighted by Crippen LogP contribution is -2.64. The standard InChI is InChI=1S/C35H49N7O3S/c1-25-32(27-12-9-11-26(21-27)22-36)45-35(38-25)41-18-19-42(31(24-41)33(43)37-23-29-15-10-20-46-29)34(44)30(16-7-8-17-40(2)3)39-28-13-5-4-6-14-28/h9-12,15,20-21,25,28,30-32,39H,4-8,13-14,16-19,23-24H2,1-3H3,(H,37,43)/t25-,30-,31-,32+/m0/s1/i2D,3D. The molecule has 1 aromatic carbocycles. The van der Waals surface area contributed by atoms with E-state index in [1.165, 1.54) is 6.42 Å². The number of amides is 2. The smallest absolute Gasteiger partial charge is 0.288 e. The highest BCUT2D eigenvalue weighted by molar-refractivity contribution is 7.09. The van der Waals surface area contributed by atoms with Gasteiger partial charge < -0.3 is 30.1 Å². The fourth-order valence-corrected chi connectivity index (χ4v) is 7.28. The number of carbonyl (C=O) groups excluding carboxylic acids is 2. The first-order valence-corrected chi connectivity index (χ1v) is 17.4. The van der Waals surface area contributed by atoms with Crippen LogP contribution in [0.5, 0.6) is 0 Å². The summed E-state index contributed by atoms with van der Waals surface area (Å²) in [5.41, 5.74) is 1.44. The van der Waals surface area contributed by atoms with Gasteiger partial charge in [0.15, 0.2) is 0 Å². The average molecular weight is 650 g/mol. The number of aliphatic imine (C=N–C) groups is 1. The molecule has 1 saturated heterocycles. The van der Waals surface area contributed by atoms with Crippen LogP contribution >= 0.6 is 11.3 Å². The van der Waals surface area contributed by atoms with Gasteiger partial charge in [-0.1, -0.05) is 43.9 Å². The van der Waals surface area contributed by atoms with Crippen molar-refractivity contribution in [3.05, 3.63) is 57.8 Å². The highest BCUT2D eigenvalue weighted by Crippen LogP contribution is 2.31. The van der Waals surface area contributed by atoms with Gasteiger partial charge in [0.05, 0.1) is 36.8 Å². The number of nitrogens with one attached hydrogen (secondary N) is 2. The summed E-state index contributed by atoms with van der Waals surface area (Å²) in [6, 6.07) is 12.9. The van der Waals surface area contributed by atoms with Gasteiger partial charge in [-0.2, -0.15) is 5.26 Å². The van der Waals surface area contributed by atoms with E-state index in [4.69, 9.17) is 12.5 Å². The fourth-order valence-electron chi connectivity index (χ4n) is 6.64.